The van der Waals surface area contributed by atoms with Crippen LogP contribution in [0.2, 0.25) is 5.02 Å². The van der Waals surface area contributed by atoms with E-state index >= 15 is 0 Å². The number of amides is 1. The molecule has 0 saturated heterocycles. The van der Waals surface area contributed by atoms with Crippen LogP contribution in [0.3, 0.4) is 0 Å². The number of nitrogens with one attached hydrogen (secondary N) is 1. The van der Waals surface area contributed by atoms with Crippen LogP contribution in [-0.2, 0) is 5.54 Å². The smallest absolute Gasteiger partial charge is 0.257 e. The second-order valence-electron chi connectivity index (χ2n) is 6.78. The van der Waals surface area contributed by atoms with E-state index in [-0.39, 0.29) is 22.7 Å². The molecule has 1 aromatic carbocycles. The molecule has 1 aliphatic carbocycles. The normalized spacial score (nSPS) is 24.2. The van der Waals surface area contributed by atoms with Crippen LogP contribution in [-0.4, -0.2) is 21.8 Å². The number of anilines is 1. The number of carbonyl (C=O) groups is 1. The average Bonchev–Trinajstić information content (AvgIpc) is 3.07. The number of rotatable bonds is 3. The van der Waals surface area contributed by atoms with E-state index in [1.165, 1.54) is 42.4 Å². The first-order valence-electron chi connectivity index (χ1n) is 8.68. The molecular weight excluding hydrogens is 387 g/mol. The molecule has 1 aromatic heterocycles. The Labute approximate surface area is 165 Å². The number of carbonyl (C=O) groups excluding carboxylic acids is 1. The first-order valence-corrected chi connectivity index (χ1v) is 10.0. The van der Waals surface area contributed by atoms with Crippen LogP contribution >= 0.6 is 23.4 Å². The SMILES string of the molecule is NC1=N[C@@]2(c3cc(NC(=O)c4ccncc4Cl)ccc3F)CCC[C@H]2CS1. The number of aliphatic imine (C=N–C) groups is 1. The zero-order chi connectivity index (χ0) is 19.0. The molecule has 27 heavy (non-hydrogen) atoms. The van der Waals surface area contributed by atoms with Gasteiger partial charge in [0.05, 0.1) is 16.1 Å². The number of nitrogens with two attached hydrogens (primary N) is 1. The molecule has 0 radical (unpaired) electrons. The highest BCUT2D eigenvalue weighted by Gasteiger charge is 2.48. The van der Waals surface area contributed by atoms with Crippen LogP contribution in [0.15, 0.2) is 41.7 Å². The van der Waals surface area contributed by atoms with Crippen molar-refractivity contribution in [1.29, 1.82) is 0 Å². The van der Waals surface area contributed by atoms with Crippen LogP contribution in [0.1, 0.15) is 35.2 Å². The Morgan fingerprint density at radius 3 is 3.07 bits per heavy atom. The van der Waals surface area contributed by atoms with Crippen molar-refractivity contribution in [2.45, 2.75) is 24.8 Å². The van der Waals surface area contributed by atoms with Gasteiger partial charge in [-0.05, 0) is 43.0 Å². The van der Waals surface area contributed by atoms with Crippen molar-refractivity contribution < 1.29 is 9.18 Å². The van der Waals surface area contributed by atoms with E-state index in [0.717, 1.165) is 25.0 Å². The Hall–Kier alpha value is -2.12. The van der Waals surface area contributed by atoms with Crippen LogP contribution in [0.25, 0.3) is 0 Å². The summed E-state index contributed by atoms with van der Waals surface area (Å²) in [7, 11) is 0. The largest absolute Gasteiger partial charge is 0.379 e. The Morgan fingerprint density at radius 1 is 1.41 bits per heavy atom. The number of benzene rings is 1. The average molecular weight is 405 g/mol. The van der Waals surface area contributed by atoms with Gasteiger partial charge in [-0.3, -0.25) is 14.8 Å². The van der Waals surface area contributed by atoms with Gasteiger partial charge < -0.3 is 11.1 Å². The van der Waals surface area contributed by atoms with Gasteiger partial charge in [0, 0.05) is 29.4 Å². The predicted molar refractivity (Wildman–Crippen MR) is 107 cm³/mol. The van der Waals surface area contributed by atoms with E-state index in [2.05, 4.69) is 15.3 Å². The molecule has 5 nitrogen and oxygen atoms in total. The van der Waals surface area contributed by atoms with E-state index < -0.39 is 5.54 Å². The highest BCUT2D eigenvalue weighted by atomic mass is 35.5. The van der Waals surface area contributed by atoms with Gasteiger partial charge in [-0.25, -0.2) is 4.39 Å². The van der Waals surface area contributed by atoms with Crippen molar-refractivity contribution in [3.05, 3.63) is 58.6 Å². The quantitative estimate of drug-likeness (QED) is 0.804. The highest BCUT2D eigenvalue weighted by Crippen LogP contribution is 2.51. The van der Waals surface area contributed by atoms with Crippen molar-refractivity contribution in [3.63, 3.8) is 0 Å². The Balaban J connectivity index is 1.69. The number of halogens is 2. The molecule has 0 spiro atoms. The lowest BCUT2D eigenvalue weighted by Crippen LogP contribution is -2.37. The number of nitrogens with zero attached hydrogens (tertiary/aromatic N) is 2. The van der Waals surface area contributed by atoms with Gasteiger partial charge in [0.15, 0.2) is 5.17 Å². The van der Waals surface area contributed by atoms with E-state index in [9.17, 15) is 9.18 Å². The Bertz CT molecular complexity index is 938. The van der Waals surface area contributed by atoms with Gasteiger partial charge >= 0.3 is 0 Å². The van der Waals surface area contributed by atoms with Gasteiger partial charge in [0.2, 0.25) is 0 Å². The summed E-state index contributed by atoms with van der Waals surface area (Å²) in [6.45, 7) is 0. The van der Waals surface area contributed by atoms with Gasteiger partial charge in [-0.1, -0.05) is 29.8 Å². The highest BCUT2D eigenvalue weighted by molar-refractivity contribution is 8.13. The molecule has 3 N–H and O–H groups in total. The summed E-state index contributed by atoms with van der Waals surface area (Å²) in [4.78, 5) is 21.1. The topological polar surface area (TPSA) is 80.4 Å². The monoisotopic (exact) mass is 404 g/mol. The fraction of sp³-hybridized carbons (Fsp3) is 0.316. The summed E-state index contributed by atoms with van der Waals surface area (Å²) < 4.78 is 14.8. The minimum atomic E-state index is -0.644. The summed E-state index contributed by atoms with van der Waals surface area (Å²) in [6, 6.07) is 6.12. The van der Waals surface area contributed by atoms with Crippen molar-refractivity contribution in [1.82, 2.24) is 4.98 Å². The second-order valence-corrected chi connectivity index (χ2v) is 8.23. The molecule has 1 fully saturated rings. The van der Waals surface area contributed by atoms with E-state index in [0.29, 0.717) is 22.0 Å². The molecule has 2 heterocycles. The Kier molecular flexibility index (Phi) is 4.82. The number of aromatic nitrogens is 1. The van der Waals surface area contributed by atoms with Gasteiger partial charge in [0.25, 0.3) is 5.91 Å². The molecule has 2 aliphatic rings. The lowest BCUT2D eigenvalue weighted by Gasteiger charge is -2.36. The molecular formula is C19H18ClFN4OS. The molecule has 1 amide bonds. The first kappa shape index (κ1) is 18.3. The summed E-state index contributed by atoms with van der Waals surface area (Å²) in [5, 5.41) is 3.54. The zero-order valence-electron chi connectivity index (χ0n) is 14.4. The maximum Gasteiger partial charge on any atom is 0.257 e. The fourth-order valence-electron chi connectivity index (χ4n) is 3.95. The number of hydrogen-bond donors (Lipinski definition) is 2. The van der Waals surface area contributed by atoms with E-state index in [1.807, 2.05) is 0 Å². The number of amidine groups is 1. The third-order valence-corrected chi connectivity index (χ3v) is 6.49. The molecule has 1 aliphatic heterocycles. The minimum Gasteiger partial charge on any atom is -0.379 e. The van der Waals surface area contributed by atoms with Gasteiger partial charge in [-0.2, -0.15) is 0 Å². The summed E-state index contributed by atoms with van der Waals surface area (Å²) in [5.74, 6) is 0.371. The maximum absolute atomic E-state index is 14.8. The van der Waals surface area contributed by atoms with Crippen LogP contribution in [0.4, 0.5) is 10.1 Å². The van der Waals surface area contributed by atoms with E-state index in [4.69, 9.17) is 17.3 Å². The predicted octanol–water partition coefficient (Wildman–Crippen LogP) is 4.18. The molecule has 2 atom stereocenters. The lowest BCUT2D eigenvalue weighted by atomic mass is 9.81. The number of fused-ring (bicyclic) bond motifs is 1. The minimum absolute atomic E-state index is 0.241. The zero-order valence-corrected chi connectivity index (χ0v) is 16.0. The van der Waals surface area contributed by atoms with Gasteiger partial charge in [0.1, 0.15) is 5.82 Å². The third-order valence-electron chi connectivity index (χ3n) is 5.24. The second kappa shape index (κ2) is 7.13. The number of thioether (sulfide) groups is 1. The van der Waals surface area contributed by atoms with Crippen LogP contribution in [0, 0.1) is 11.7 Å². The summed E-state index contributed by atoms with van der Waals surface area (Å²) in [5.41, 5.74) is 6.63. The van der Waals surface area contributed by atoms with Crippen molar-refractivity contribution in [2.75, 3.05) is 11.1 Å². The fourth-order valence-corrected chi connectivity index (χ4v) is 5.20. The standard InChI is InChI=1S/C19H18ClFN4OS/c20-15-9-23-7-5-13(15)17(26)24-12-3-4-16(21)14(8-12)19-6-1-2-11(19)10-27-18(22)25-19/h3-5,7-9,11H,1-2,6,10H2,(H2,22,25)(H,24,26)/t11-,19-/m0/s1. The van der Waals surface area contributed by atoms with Gasteiger partial charge in [-0.15, -0.1) is 0 Å². The van der Waals surface area contributed by atoms with Crippen molar-refractivity contribution >= 4 is 40.1 Å². The maximum atomic E-state index is 14.8. The first-order chi connectivity index (χ1) is 13.0. The molecule has 2 aromatic rings. The number of pyridine rings is 1. The van der Waals surface area contributed by atoms with E-state index in [1.54, 1.807) is 6.07 Å². The lowest BCUT2D eigenvalue weighted by molar-refractivity contribution is 0.102. The van der Waals surface area contributed by atoms with Crippen molar-refractivity contribution in [2.24, 2.45) is 16.6 Å². The van der Waals surface area contributed by atoms with Crippen LogP contribution < -0.4 is 11.1 Å². The molecule has 1 saturated carbocycles. The van der Waals surface area contributed by atoms with Crippen LogP contribution in [0.5, 0.6) is 0 Å². The number of hydrogen-bond acceptors (Lipinski definition) is 5. The molecule has 0 bridgehead atoms. The molecule has 0 unspecified atom stereocenters. The molecule has 140 valence electrons. The molecule has 8 heteroatoms. The summed E-state index contributed by atoms with van der Waals surface area (Å²) >= 11 is 7.56. The third kappa shape index (κ3) is 3.30. The Morgan fingerprint density at radius 2 is 2.26 bits per heavy atom. The van der Waals surface area contributed by atoms with Crippen molar-refractivity contribution in [3.8, 4) is 0 Å². The summed E-state index contributed by atoms with van der Waals surface area (Å²) in [6.07, 6.45) is 5.63. The molecule has 4 rings (SSSR count).